The van der Waals surface area contributed by atoms with Crippen LogP contribution in [0.2, 0.25) is 0 Å². The Morgan fingerprint density at radius 3 is 2.27 bits per heavy atom. The van der Waals surface area contributed by atoms with Crippen LogP contribution >= 0.6 is 0 Å². The molecule has 5 aliphatic rings. The van der Waals surface area contributed by atoms with Crippen LogP contribution in [0.25, 0.3) is 0 Å². The predicted octanol–water partition coefficient (Wildman–Crippen LogP) is 1.96. The van der Waals surface area contributed by atoms with Crippen molar-refractivity contribution < 1.29 is 45.2 Å². The van der Waals surface area contributed by atoms with E-state index in [1.165, 1.54) is 0 Å². The molecule has 7 N–H and O–H groups in total. The summed E-state index contributed by atoms with van der Waals surface area (Å²) in [4.78, 5) is 0. The van der Waals surface area contributed by atoms with Gasteiger partial charge in [0, 0.05) is 11.8 Å². The summed E-state index contributed by atoms with van der Waals surface area (Å²) in [5.41, 5.74) is -1.83. The lowest BCUT2D eigenvalue weighted by atomic mass is 9.42. The first-order valence-corrected chi connectivity index (χ1v) is 16.2. The van der Waals surface area contributed by atoms with Gasteiger partial charge < -0.3 is 45.2 Å². The van der Waals surface area contributed by atoms with Crippen LogP contribution in [0.4, 0.5) is 0 Å². The monoisotopic (exact) mass is 584 g/mol. The van der Waals surface area contributed by atoms with E-state index >= 15 is 0 Å². The third kappa shape index (κ3) is 5.23. The fourth-order valence-electron chi connectivity index (χ4n) is 10.5. The Balaban J connectivity index is 1.27. The lowest BCUT2D eigenvalue weighted by Gasteiger charge is -2.65. The van der Waals surface area contributed by atoms with E-state index in [1.807, 2.05) is 0 Å². The summed E-state index contributed by atoms with van der Waals surface area (Å²) in [5.74, 6) is 1.19. The largest absolute Gasteiger partial charge is 0.393 e. The molecule has 0 bridgehead atoms. The molecule has 4 aliphatic carbocycles. The molecule has 4 saturated carbocycles. The number of fused-ring (bicyclic) bond motifs is 5. The minimum Gasteiger partial charge on any atom is -0.393 e. The van der Waals surface area contributed by atoms with E-state index in [2.05, 4.69) is 34.6 Å². The Bertz CT molecular complexity index is 918. The molecule has 0 aromatic heterocycles. The maximum atomic E-state index is 11.7. The smallest absolute Gasteiger partial charge is 0.186 e. The van der Waals surface area contributed by atoms with Crippen molar-refractivity contribution in [3.05, 3.63) is 0 Å². The highest BCUT2D eigenvalue weighted by molar-refractivity contribution is 5.18. The van der Waals surface area contributed by atoms with Gasteiger partial charge in [0.2, 0.25) is 0 Å². The molecule has 0 radical (unpaired) electrons. The summed E-state index contributed by atoms with van der Waals surface area (Å²) in [6.07, 6.45) is -0.575. The highest BCUT2D eigenvalue weighted by atomic mass is 16.7. The van der Waals surface area contributed by atoms with Crippen molar-refractivity contribution in [1.82, 2.24) is 0 Å². The average Bonchev–Trinajstić information content (AvgIpc) is 3.18. The van der Waals surface area contributed by atoms with Crippen LogP contribution in [-0.4, -0.2) is 97.0 Å². The van der Waals surface area contributed by atoms with Gasteiger partial charge in [0.25, 0.3) is 0 Å². The van der Waals surface area contributed by atoms with Crippen molar-refractivity contribution in [2.24, 2.45) is 46.3 Å². The van der Waals surface area contributed by atoms with Gasteiger partial charge in [-0.15, -0.1) is 0 Å². The quantitative estimate of drug-likeness (QED) is 0.237. The third-order valence-electron chi connectivity index (χ3n) is 13.0. The first-order chi connectivity index (χ1) is 19.1. The standard InChI is InChI=1S/C32H56O9/c1-16(2)24(41-29-28(38)27(37)23(35)15-40-29)7-6-17(3)21-13-22(34)26-19-12-25(36)32(39)14-18(33)8-11-31(32,5)20(19)9-10-30(21,26)4/h16-29,33-39H,6-15H2,1-5H3/t17-,18+,19-,20+,21-,22+,23+,24+,25-,26-,27+,28+,29-,30-,31-,32+/m1/s1. The van der Waals surface area contributed by atoms with E-state index in [9.17, 15) is 35.7 Å². The van der Waals surface area contributed by atoms with Gasteiger partial charge >= 0.3 is 0 Å². The zero-order valence-corrected chi connectivity index (χ0v) is 25.6. The van der Waals surface area contributed by atoms with Gasteiger partial charge in [-0.2, -0.15) is 0 Å². The van der Waals surface area contributed by atoms with E-state index in [0.29, 0.717) is 31.1 Å². The van der Waals surface area contributed by atoms with Crippen molar-refractivity contribution in [1.29, 1.82) is 0 Å². The summed E-state index contributed by atoms with van der Waals surface area (Å²) in [5, 5.41) is 75.2. The van der Waals surface area contributed by atoms with Crippen LogP contribution in [-0.2, 0) is 9.47 Å². The van der Waals surface area contributed by atoms with Gasteiger partial charge in [-0.05, 0) is 92.3 Å². The van der Waals surface area contributed by atoms with E-state index in [0.717, 1.165) is 32.1 Å². The fraction of sp³-hybridized carbons (Fsp3) is 1.00. The molecule has 9 heteroatoms. The van der Waals surface area contributed by atoms with Crippen molar-refractivity contribution in [2.75, 3.05) is 6.61 Å². The molecule has 0 aromatic carbocycles. The van der Waals surface area contributed by atoms with Gasteiger partial charge in [-0.25, -0.2) is 0 Å². The molecular formula is C32H56O9. The van der Waals surface area contributed by atoms with Crippen molar-refractivity contribution in [2.45, 2.75) is 147 Å². The first kappa shape index (κ1) is 32.0. The van der Waals surface area contributed by atoms with E-state index in [-0.39, 0.29) is 48.2 Å². The highest BCUT2D eigenvalue weighted by Gasteiger charge is 2.68. The van der Waals surface area contributed by atoms with Crippen LogP contribution in [0.5, 0.6) is 0 Å². The fourth-order valence-corrected chi connectivity index (χ4v) is 10.5. The molecule has 41 heavy (non-hydrogen) atoms. The molecule has 0 spiro atoms. The topological polar surface area (TPSA) is 160 Å². The maximum absolute atomic E-state index is 11.7. The van der Waals surface area contributed by atoms with Crippen molar-refractivity contribution in [3.63, 3.8) is 0 Å². The summed E-state index contributed by atoms with van der Waals surface area (Å²) in [6.45, 7) is 10.8. The third-order valence-corrected chi connectivity index (χ3v) is 13.0. The molecule has 238 valence electrons. The Morgan fingerprint density at radius 2 is 1.59 bits per heavy atom. The first-order valence-electron chi connectivity index (χ1n) is 16.2. The lowest BCUT2D eigenvalue weighted by Crippen LogP contribution is -2.69. The second kappa shape index (κ2) is 11.5. The number of aliphatic hydroxyl groups is 7. The Labute approximate surface area is 245 Å². The number of ether oxygens (including phenoxy) is 2. The second-order valence-corrected chi connectivity index (χ2v) is 15.5. The van der Waals surface area contributed by atoms with Gasteiger partial charge in [-0.1, -0.05) is 34.6 Å². The summed E-state index contributed by atoms with van der Waals surface area (Å²) in [7, 11) is 0. The SMILES string of the molecule is CC(C)[C@H](CC[C@@H](C)[C@H]1C[C@H](O)[C@H]2[C@@H]3C[C@@H](O)[C@@]4(O)C[C@@H](O)CC[C@]4(C)[C@H]3CC[C@@]21C)O[C@H]1OC[C@H](O)[C@H](O)[C@@H]1O. The lowest BCUT2D eigenvalue weighted by molar-refractivity contribution is -0.287. The Morgan fingerprint density at radius 1 is 0.878 bits per heavy atom. The van der Waals surface area contributed by atoms with Crippen molar-refractivity contribution >= 4 is 0 Å². The molecule has 0 aromatic rings. The van der Waals surface area contributed by atoms with Crippen LogP contribution in [0, 0.1) is 46.3 Å². The van der Waals surface area contributed by atoms with Gasteiger partial charge in [0.1, 0.15) is 18.3 Å². The highest BCUT2D eigenvalue weighted by Crippen LogP contribution is 2.69. The molecule has 5 fully saturated rings. The molecule has 0 unspecified atom stereocenters. The number of hydrogen-bond donors (Lipinski definition) is 7. The molecule has 0 amide bonds. The maximum Gasteiger partial charge on any atom is 0.186 e. The molecule has 5 rings (SSSR count). The summed E-state index contributed by atoms with van der Waals surface area (Å²) < 4.78 is 11.7. The van der Waals surface area contributed by atoms with Gasteiger partial charge in [0.05, 0.1) is 36.6 Å². The zero-order chi connectivity index (χ0) is 30.1. The van der Waals surface area contributed by atoms with Crippen LogP contribution in [0.1, 0.15) is 92.4 Å². The average molecular weight is 585 g/mol. The summed E-state index contributed by atoms with van der Waals surface area (Å²) in [6, 6.07) is 0. The minimum absolute atomic E-state index is 0.0624. The normalized spacial score (nSPS) is 53.3. The zero-order valence-electron chi connectivity index (χ0n) is 25.6. The molecule has 9 nitrogen and oxygen atoms in total. The van der Waals surface area contributed by atoms with E-state index < -0.39 is 53.9 Å². The molecule has 16 atom stereocenters. The van der Waals surface area contributed by atoms with E-state index in [1.54, 1.807) is 0 Å². The van der Waals surface area contributed by atoms with Crippen molar-refractivity contribution in [3.8, 4) is 0 Å². The van der Waals surface area contributed by atoms with Crippen LogP contribution < -0.4 is 0 Å². The predicted molar refractivity (Wildman–Crippen MR) is 151 cm³/mol. The van der Waals surface area contributed by atoms with Gasteiger partial charge in [0.15, 0.2) is 6.29 Å². The molecule has 1 heterocycles. The Kier molecular flexibility index (Phi) is 9.01. The minimum atomic E-state index is -1.31. The van der Waals surface area contributed by atoms with E-state index in [4.69, 9.17) is 9.47 Å². The Hall–Kier alpha value is -0.360. The second-order valence-electron chi connectivity index (χ2n) is 15.5. The number of rotatable bonds is 7. The molecule has 1 saturated heterocycles. The molecular weight excluding hydrogens is 528 g/mol. The van der Waals surface area contributed by atoms with Crippen LogP contribution in [0.3, 0.4) is 0 Å². The number of hydrogen-bond acceptors (Lipinski definition) is 9. The molecule has 1 aliphatic heterocycles. The number of aliphatic hydroxyl groups excluding tert-OH is 6. The summed E-state index contributed by atoms with van der Waals surface area (Å²) >= 11 is 0. The van der Waals surface area contributed by atoms with Gasteiger partial charge in [-0.3, -0.25) is 0 Å². The van der Waals surface area contributed by atoms with Crippen LogP contribution in [0.15, 0.2) is 0 Å².